The maximum atomic E-state index is 11.9. The Kier molecular flexibility index (Phi) is 4.22. The molecule has 1 aliphatic rings. The molecule has 2 N–H and O–H groups in total. The van der Waals surface area contributed by atoms with Gasteiger partial charge in [0, 0.05) is 25.7 Å². The van der Waals surface area contributed by atoms with Crippen LogP contribution in [0.5, 0.6) is 5.75 Å². The van der Waals surface area contributed by atoms with Crippen LogP contribution in [0.2, 0.25) is 0 Å². The van der Waals surface area contributed by atoms with Gasteiger partial charge in [-0.3, -0.25) is 4.79 Å². The van der Waals surface area contributed by atoms with Gasteiger partial charge in [0.1, 0.15) is 5.75 Å². The number of carbonyl (C=O) groups excluding carboxylic acids is 1. The maximum absolute atomic E-state index is 11.9. The highest BCUT2D eigenvalue weighted by atomic mass is 16.5. The predicted octanol–water partition coefficient (Wildman–Crippen LogP) is 1.87. The molecule has 104 valence electrons. The average molecular weight is 262 g/mol. The summed E-state index contributed by atoms with van der Waals surface area (Å²) in [7, 11) is 0. The molecule has 1 atom stereocenters. The molecule has 1 unspecified atom stereocenters. The largest absolute Gasteiger partial charge is 0.426 e. The van der Waals surface area contributed by atoms with E-state index in [4.69, 9.17) is 4.74 Å². The second-order valence-corrected chi connectivity index (χ2v) is 5.92. The lowest BCUT2D eigenvalue weighted by atomic mass is 9.97. The number of benzene rings is 1. The molecule has 0 saturated carbocycles. The summed E-state index contributed by atoms with van der Waals surface area (Å²) < 4.78 is 5.42. The molecule has 0 aromatic heterocycles. The molecule has 1 aromatic rings. The summed E-state index contributed by atoms with van der Waals surface area (Å²) in [5.74, 6) is 0.407. The molecule has 0 bridgehead atoms. The van der Waals surface area contributed by atoms with Gasteiger partial charge >= 0.3 is 5.97 Å². The maximum Gasteiger partial charge on any atom is 0.316 e. The summed E-state index contributed by atoms with van der Waals surface area (Å²) in [5, 5.41) is 6.79. The van der Waals surface area contributed by atoms with Crippen LogP contribution >= 0.6 is 0 Å². The van der Waals surface area contributed by atoms with E-state index in [1.807, 2.05) is 39.0 Å². The molecule has 1 heterocycles. The standard InChI is InChI=1S/C15H22N2O2/c1-15(2,3)14(18)19-12-6-4-5-11(9-12)13-10-16-7-8-17-13/h4-6,9,13,16-17H,7-8,10H2,1-3H3. The number of hydrogen-bond acceptors (Lipinski definition) is 4. The molecule has 19 heavy (non-hydrogen) atoms. The van der Waals surface area contributed by atoms with E-state index in [1.54, 1.807) is 0 Å². The van der Waals surface area contributed by atoms with E-state index < -0.39 is 5.41 Å². The van der Waals surface area contributed by atoms with Gasteiger partial charge in [0.25, 0.3) is 0 Å². The molecular weight excluding hydrogens is 240 g/mol. The second-order valence-electron chi connectivity index (χ2n) is 5.92. The van der Waals surface area contributed by atoms with Crippen molar-refractivity contribution in [2.45, 2.75) is 26.8 Å². The summed E-state index contributed by atoms with van der Waals surface area (Å²) in [4.78, 5) is 11.9. The summed E-state index contributed by atoms with van der Waals surface area (Å²) in [6.45, 7) is 8.41. The van der Waals surface area contributed by atoms with Crippen molar-refractivity contribution in [3.63, 3.8) is 0 Å². The number of hydrogen-bond donors (Lipinski definition) is 2. The van der Waals surface area contributed by atoms with E-state index in [9.17, 15) is 4.79 Å². The third-order valence-corrected chi connectivity index (χ3v) is 3.12. The van der Waals surface area contributed by atoms with Crippen molar-refractivity contribution >= 4 is 5.97 Å². The zero-order chi connectivity index (χ0) is 13.9. The molecule has 2 rings (SSSR count). The van der Waals surface area contributed by atoms with E-state index in [-0.39, 0.29) is 12.0 Å². The Labute approximate surface area is 114 Å². The normalized spacial score (nSPS) is 20.1. The van der Waals surface area contributed by atoms with Gasteiger partial charge in [-0.25, -0.2) is 0 Å². The lowest BCUT2D eigenvalue weighted by molar-refractivity contribution is -0.143. The van der Waals surface area contributed by atoms with Crippen LogP contribution in [-0.2, 0) is 4.79 Å². The smallest absolute Gasteiger partial charge is 0.316 e. The zero-order valence-electron chi connectivity index (χ0n) is 11.8. The minimum atomic E-state index is -0.485. The average Bonchev–Trinajstić information content (AvgIpc) is 2.39. The molecular formula is C15H22N2O2. The van der Waals surface area contributed by atoms with Crippen molar-refractivity contribution in [2.24, 2.45) is 5.41 Å². The van der Waals surface area contributed by atoms with Crippen molar-refractivity contribution in [1.82, 2.24) is 10.6 Å². The lowest BCUT2D eigenvalue weighted by Crippen LogP contribution is -2.42. The van der Waals surface area contributed by atoms with Crippen LogP contribution in [-0.4, -0.2) is 25.6 Å². The van der Waals surface area contributed by atoms with Crippen molar-refractivity contribution in [3.8, 4) is 5.75 Å². The third kappa shape index (κ3) is 3.78. The highest BCUT2D eigenvalue weighted by Crippen LogP contribution is 2.23. The SMILES string of the molecule is CC(C)(C)C(=O)Oc1cccc(C2CNCCN2)c1. The minimum absolute atomic E-state index is 0.209. The Bertz CT molecular complexity index is 446. The molecule has 0 spiro atoms. The summed E-state index contributed by atoms with van der Waals surface area (Å²) in [5.41, 5.74) is 0.659. The van der Waals surface area contributed by atoms with Gasteiger partial charge in [-0.1, -0.05) is 12.1 Å². The quantitative estimate of drug-likeness (QED) is 0.631. The molecule has 4 nitrogen and oxygen atoms in total. The number of ether oxygens (including phenoxy) is 1. The molecule has 1 aliphatic heterocycles. The Morgan fingerprint density at radius 1 is 1.32 bits per heavy atom. The molecule has 4 heteroatoms. The number of nitrogens with one attached hydrogen (secondary N) is 2. The summed E-state index contributed by atoms with van der Waals surface area (Å²) >= 11 is 0. The Hall–Kier alpha value is -1.39. The van der Waals surface area contributed by atoms with Crippen LogP contribution < -0.4 is 15.4 Å². The van der Waals surface area contributed by atoms with Gasteiger partial charge in [0.15, 0.2) is 0 Å². The first-order valence-corrected chi connectivity index (χ1v) is 6.73. The van der Waals surface area contributed by atoms with Crippen LogP contribution in [0.1, 0.15) is 32.4 Å². The van der Waals surface area contributed by atoms with Gasteiger partial charge in [0.05, 0.1) is 5.41 Å². The number of piperazine rings is 1. The zero-order valence-corrected chi connectivity index (χ0v) is 11.8. The fourth-order valence-electron chi connectivity index (χ4n) is 1.94. The number of carbonyl (C=O) groups is 1. The van der Waals surface area contributed by atoms with Crippen LogP contribution in [0.15, 0.2) is 24.3 Å². The van der Waals surface area contributed by atoms with Crippen molar-refractivity contribution in [3.05, 3.63) is 29.8 Å². The fourth-order valence-corrected chi connectivity index (χ4v) is 1.94. The lowest BCUT2D eigenvalue weighted by Gasteiger charge is -2.25. The fraction of sp³-hybridized carbons (Fsp3) is 0.533. The first-order chi connectivity index (χ1) is 8.97. The van der Waals surface area contributed by atoms with E-state index in [0.717, 1.165) is 25.2 Å². The molecule has 1 saturated heterocycles. The van der Waals surface area contributed by atoms with E-state index >= 15 is 0 Å². The van der Waals surface area contributed by atoms with Gasteiger partial charge in [-0.2, -0.15) is 0 Å². The number of esters is 1. The molecule has 1 fully saturated rings. The van der Waals surface area contributed by atoms with E-state index in [1.165, 1.54) is 0 Å². The van der Waals surface area contributed by atoms with Crippen LogP contribution in [0.25, 0.3) is 0 Å². The Morgan fingerprint density at radius 2 is 2.11 bits per heavy atom. The van der Waals surface area contributed by atoms with Crippen LogP contribution in [0.3, 0.4) is 0 Å². The third-order valence-electron chi connectivity index (χ3n) is 3.12. The van der Waals surface area contributed by atoms with Crippen LogP contribution in [0.4, 0.5) is 0 Å². The van der Waals surface area contributed by atoms with Crippen molar-refractivity contribution in [2.75, 3.05) is 19.6 Å². The molecule has 0 amide bonds. The van der Waals surface area contributed by atoms with Gasteiger partial charge in [-0.05, 0) is 38.5 Å². The van der Waals surface area contributed by atoms with Gasteiger partial charge < -0.3 is 15.4 Å². The highest BCUT2D eigenvalue weighted by Gasteiger charge is 2.24. The van der Waals surface area contributed by atoms with E-state index in [0.29, 0.717) is 5.75 Å². The molecule has 1 aromatic carbocycles. The van der Waals surface area contributed by atoms with E-state index in [2.05, 4.69) is 16.7 Å². The minimum Gasteiger partial charge on any atom is -0.426 e. The van der Waals surface area contributed by atoms with Crippen LogP contribution in [0, 0.1) is 5.41 Å². The molecule has 0 radical (unpaired) electrons. The predicted molar refractivity (Wildman–Crippen MR) is 75.1 cm³/mol. The number of rotatable bonds is 2. The topological polar surface area (TPSA) is 50.4 Å². The summed E-state index contributed by atoms with van der Waals surface area (Å²) in [6.07, 6.45) is 0. The highest BCUT2D eigenvalue weighted by molar-refractivity contribution is 5.77. The molecule has 0 aliphatic carbocycles. The van der Waals surface area contributed by atoms with Gasteiger partial charge in [0.2, 0.25) is 0 Å². The monoisotopic (exact) mass is 262 g/mol. The van der Waals surface area contributed by atoms with Gasteiger partial charge in [-0.15, -0.1) is 0 Å². The first kappa shape index (κ1) is 14.0. The first-order valence-electron chi connectivity index (χ1n) is 6.73. The van der Waals surface area contributed by atoms with Crippen molar-refractivity contribution in [1.29, 1.82) is 0 Å². The van der Waals surface area contributed by atoms with Crippen molar-refractivity contribution < 1.29 is 9.53 Å². The Morgan fingerprint density at radius 3 is 2.74 bits per heavy atom. The summed E-state index contributed by atoms with van der Waals surface area (Å²) in [6, 6.07) is 8.02. The Balaban J connectivity index is 2.08. The second kappa shape index (κ2) is 5.72.